The van der Waals surface area contributed by atoms with Gasteiger partial charge in [0.15, 0.2) is 0 Å². The van der Waals surface area contributed by atoms with Crippen molar-refractivity contribution in [2.45, 2.75) is 6.18 Å². The first-order chi connectivity index (χ1) is 8.34. The molecule has 0 aliphatic heterocycles. The van der Waals surface area contributed by atoms with Gasteiger partial charge in [0.2, 0.25) is 0 Å². The van der Waals surface area contributed by atoms with Crippen molar-refractivity contribution in [1.82, 2.24) is 5.32 Å². The molecule has 1 rings (SSSR count). The largest absolute Gasteiger partial charge is 0.418 e. The molecule has 0 saturated carbocycles. The summed E-state index contributed by atoms with van der Waals surface area (Å²) in [5, 5.41) is 4.21. The minimum Gasteiger partial charge on any atom is -0.364 e. The Morgan fingerprint density at radius 2 is 2.11 bits per heavy atom. The van der Waals surface area contributed by atoms with Crippen molar-refractivity contribution in [2.75, 3.05) is 19.2 Å². The number of benzene rings is 1. The number of anilines is 1. The van der Waals surface area contributed by atoms with E-state index in [1.54, 1.807) is 0 Å². The molecule has 18 heavy (non-hydrogen) atoms. The standard InChI is InChI=1S/C10H10ClF3N2O2/c1-18-5-15-9(17)16-8-3-2-6(11)4-7(8)10(12,13)14/h2-4H,5H2,1H3,(H2,15,16,17). The summed E-state index contributed by atoms with van der Waals surface area (Å²) in [4.78, 5) is 11.2. The lowest BCUT2D eigenvalue weighted by Crippen LogP contribution is -2.31. The number of carbonyl (C=O) groups is 1. The molecule has 0 saturated heterocycles. The van der Waals surface area contributed by atoms with Gasteiger partial charge in [-0.25, -0.2) is 4.79 Å². The summed E-state index contributed by atoms with van der Waals surface area (Å²) in [5.74, 6) is 0. The lowest BCUT2D eigenvalue weighted by atomic mass is 10.1. The van der Waals surface area contributed by atoms with Crippen LogP contribution < -0.4 is 10.6 Å². The Morgan fingerprint density at radius 3 is 2.67 bits per heavy atom. The summed E-state index contributed by atoms with van der Waals surface area (Å²) >= 11 is 5.49. The number of nitrogens with one attached hydrogen (secondary N) is 2. The maximum absolute atomic E-state index is 12.7. The van der Waals surface area contributed by atoms with Crippen LogP contribution in [0.4, 0.5) is 23.7 Å². The van der Waals surface area contributed by atoms with Gasteiger partial charge in [-0.3, -0.25) is 0 Å². The van der Waals surface area contributed by atoms with Gasteiger partial charge < -0.3 is 15.4 Å². The fraction of sp³-hybridized carbons (Fsp3) is 0.300. The van der Waals surface area contributed by atoms with Gasteiger partial charge in [0.25, 0.3) is 0 Å². The van der Waals surface area contributed by atoms with Crippen LogP contribution in [0.5, 0.6) is 0 Å². The zero-order valence-corrected chi connectivity index (χ0v) is 10.0. The first-order valence-electron chi connectivity index (χ1n) is 4.75. The maximum atomic E-state index is 12.7. The normalized spacial score (nSPS) is 11.2. The fourth-order valence-corrected chi connectivity index (χ4v) is 1.34. The number of rotatable bonds is 3. The van der Waals surface area contributed by atoms with Crippen LogP contribution in [-0.2, 0) is 10.9 Å². The monoisotopic (exact) mass is 282 g/mol. The topological polar surface area (TPSA) is 50.4 Å². The number of ether oxygens (including phenoxy) is 1. The Balaban J connectivity index is 2.92. The Labute approximate surface area is 106 Å². The molecule has 0 aliphatic carbocycles. The van der Waals surface area contributed by atoms with Crippen molar-refractivity contribution >= 4 is 23.3 Å². The molecular formula is C10H10ClF3N2O2. The molecule has 0 aromatic heterocycles. The maximum Gasteiger partial charge on any atom is 0.418 e. The van der Waals surface area contributed by atoms with Crippen molar-refractivity contribution < 1.29 is 22.7 Å². The van der Waals surface area contributed by atoms with Crippen molar-refractivity contribution in [3.63, 3.8) is 0 Å². The van der Waals surface area contributed by atoms with Crippen LogP contribution >= 0.6 is 11.6 Å². The van der Waals surface area contributed by atoms with E-state index in [2.05, 4.69) is 15.4 Å². The van der Waals surface area contributed by atoms with Gasteiger partial charge in [-0.2, -0.15) is 13.2 Å². The van der Waals surface area contributed by atoms with Crippen LogP contribution in [0, 0.1) is 0 Å². The number of halogens is 4. The van der Waals surface area contributed by atoms with Crippen molar-refractivity contribution in [3.05, 3.63) is 28.8 Å². The molecule has 0 bridgehead atoms. The molecule has 0 heterocycles. The van der Waals surface area contributed by atoms with Gasteiger partial charge in [0.1, 0.15) is 6.73 Å². The molecule has 0 unspecified atom stereocenters. The van der Waals surface area contributed by atoms with E-state index in [1.807, 2.05) is 0 Å². The molecule has 0 spiro atoms. The lowest BCUT2D eigenvalue weighted by Gasteiger charge is -2.14. The van der Waals surface area contributed by atoms with E-state index in [0.717, 1.165) is 12.1 Å². The van der Waals surface area contributed by atoms with E-state index in [4.69, 9.17) is 11.6 Å². The third-order valence-corrected chi connectivity index (χ3v) is 2.15. The number of hydrogen-bond acceptors (Lipinski definition) is 2. The van der Waals surface area contributed by atoms with Gasteiger partial charge in [0.05, 0.1) is 11.3 Å². The first-order valence-corrected chi connectivity index (χ1v) is 5.13. The van der Waals surface area contributed by atoms with Crippen LogP contribution in [0.25, 0.3) is 0 Å². The van der Waals surface area contributed by atoms with E-state index >= 15 is 0 Å². The molecule has 1 aromatic rings. The molecule has 1 aromatic carbocycles. The van der Waals surface area contributed by atoms with Gasteiger partial charge in [0, 0.05) is 12.1 Å². The predicted octanol–water partition coefficient (Wildman–Crippen LogP) is 3.08. The molecule has 4 nitrogen and oxygen atoms in total. The quantitative estimate of drug-likeness (QED) is 0.837. The fourth-order valence-electron chi connectivity index (χ4n) is 1.16. The van der Waals surface area contributed by atoms with E-state index in [0.29, 0.717) is 0 Å². The summed E-state index contributed by atoms with van der Waals surface area (Å²) in [6.07, 6.45) is -4.60. The van der Waals surface area contributed by atoms with Crippen LogP contribution in [0.15, 0.2) is 18.2 Å². The molecule has 0 aliphatic rings. The zero-order valence-electron chi connectivity index (χ0n) is 9.27. The number of carbonyl (C=O) groups excluding carboxylic acids is 1. The molecular weight excluding hydrogens is 273 g/mol. The molecule has 2 N–H and O–H groups in total. The summed E-state index contributed by atoms with van der Waals surface area (Å²) in [6.45, 7) is -0.110. The van der Waals surface area contributed by atoms with Gasteiger partial charge in [-0.05, 0) is 18.2 Å². The highest BCUT2D eigenvalue weighted by molar-refractivity contribution is 6.30. The Bertz CT molecular complexity index is 438. The summed E-state index contributed by atoms with van der Waals surface area (Å²) in [6, 6.07) is 2.28. The molecule has 100 valence electrons. The average molecular weight is 283 g/mol. The van der Waals surface area contributed by atoms with Crippen LogP contribution in [-0.4, -0.2) is 19.9 Å². The highest BCUT2D eigenvalue weighted by Gasteiger charge is 2.34. The molecule has 8 heteroatoms. The highest BCUT2D eigenvalue weighted by atomic mass is 35.5. The van der Waals surface area contributed by atoms with Crippen LogP contribution in [0.1, 0.15) is 5.56 Å². The number of amides is 2. The van der Waals surface area contributed by atoms with Gasteiger partial charge >= 0.3 is 12.2 Å². The lowest BCUT2D eigenvalue weighted by molar-refractivity contribution is -0.136. The molecule has 0 radical (unpaired) electrons. The summed E-state index contributed by atoms with van der Waals surface area (Å²) in [7, 11) is 1.34. The minimum absolute atomic E-state index is 0.0647. The highest BCUT2D eigenvalue weighted by Crippen LogP contribution is 2.36. The minimum atomic E-state index is -4.60. The average Bonchev–Trinajstić information content (AvgIpc) is 2.27. The number of alkyl halides is 3. The Kier molecular flexibility index (Phi) is 4.80. The van der Waals surface area contributed by atoms with Crippen LogP contribution in [0.2, 0.25) is 5.02 Å². The predicted molar refractivity (Wildman–Crippen MR) is 60.5 cm³/mol. The number of methoxy groups -OCH3 is 1. The van der Waals surface area contributed by atoms with Crippen LogP contribution in [0.3, 0.4) is 0 Å². The van der Waals surface area contributed by atoms with E-state index in [-0.39, 0.29) is 17.4 Å². The SMILES string of the molecule is COCNC(=O)Nc1ccc(Cl)cc1C(F)(F)F. The number of hydrogen-bond donors (Lipinski definition) is 2. The van der Waals surface area contributed by atoms with Gasteiger partial charge in [-0.1, -0.05) is 11.6 Å². The third kappa shape index (κ3) is 4.08. The third-order valence-electron chi connectivity index (χ3n) is 1.91. The molecule has 2 amide bonds. The van der Waals surface area contributed by atoms with Gasteiger partial charge in [-0.15, -0.1) is 0 Å². The molecule has 0 atom stereocenters. The second-order valence-corrected chi connectivity index (χ2v) is 3.69. The van der Waals surface area contributed by atoms with E-state index < -0.39 is 17.8 Å². The zero-order chi connectivity index (χ0) is 13.8. The second-order valence-electron chi connectivity index (χ2n) is 3.25. The summed E-state index contributed by atoms with van der Waals surface area (Å²) < 4.78 is 42.6. The van der Waals surface area contributed by atoms with Crippen molar-refractivity contribution in [3.8, 4) is 0 Å². The van der Waals surface area contributed by atoms with E-state index in [9.17, 15) is 18.0 Å². The van der Waals surface area contributed by atoms with E-state index in [1.165, 1.54) is 13.2 Å². The Morgan fingerprint density at radius 1 is 1.44 bits per heavy atom. The smallest absolute Gasteiger partial charge is 0.364 e. The summed E-state index contributed by atoms with van der Waals surface area (Å²) in [5.41, 5.74) is -1.39. The first kappa shape index (κ1) is 14.6. The number of urea groups is 1. The molecule has 0 fully saturated rings. The Hall–Kier alpha value is -1.47. The van der Waals surface area contributed by atoms with Crippen molar-refractivity contribution in [2.24, 2.45) is 0 Å². The van der Waals surface area contributed by atoms with Crippen molar-refractivity contribution in [1.29, 1.82) is 0 Å². The second kappa shape index (κ2) is 5.92.